The number of nitrogens with one attached hydrogen (secondary N) is 1. The summed E-state index contributed by atoms with van der Waals surface area (Å²) < 4.78 is 1.93. The van der Waals surface area contributed by atoms with Gasteiger partial charge in [0.05, 0.1) is 24.5 Å². The van der Waals surface area contributed by atoms with Gasteiger partial charge in [-0.05, 0) is 43.9 Å². The van der Waals surface area contributed by atoms with Crippen molar-refractivity contribution < 1.29 is 4.79 Å². The van der Waals surface area contributed by atoms with Gasteiger partial charge in [0.15, 0.2) is 0 Å². The summed E-state index contributed by atoms with van der Waals surface area (Å²) in [5.74, 6) is 0.0173. The summed E-state index contributed by atoms with van der Waals surface area (Å²) in [4.78, 5) is 15.0. The number of carbonyl (C=O) groups excluding carboxylic acids is 1. The van der Waals surface area contributed by atoms with Crippen LogP contribution in [0.4, 0.5) is 0 Å². The molecule has 1 saturated heterocycles. The number of hydrogen-bond acceptors (Lipinski definition) is 3. The van der Waals surface area contributed by atoms with Gasteiger partial charge >= 0.3 is 0 Å². The van der Waals surface area contributed by atoms with Crippen LogP contribution in [0.15, 0.2) is 42.7 Å². The molecule has 4 rings (SSSR count). The fraction of sp³-hybridized carbons (Fsp3) is 0.350. The van der Waals surface area contributed by atoms with Crippen LogP contribution in [-0.2, 0) is 6.54 Å². The van der Waals surface area contributed by atoms with Gasteiger partial charge in [-0.1, -0.05) is 24.3 Å². The molecule has 26 heavy (non-hydrogen) atoms. The van der Waals surface area contributed by atoms with Crippen LogP contribution in [-0.4, -0.2) is 43.4 Å². The molecule has 2 aromatic heterocycles. The Morgan fingerprint density at radius 2 is 2.15 bits per heavy atom. The highest BCUT2D eigenvalue weighted by atomic mass is 16.2. The first-order valence-electron chi connectivity index (χ1n) is 9.03. The van der Waals surface area contributed by atoms with E-state index in [0.717, 1.165) is 48.3 Å². The Kier molecular flexibility index (Phi) is 4.32. The number of likely N-dealkylation sites (tertiary alicyclic amines) is 1. The summed E-state index contributed by atoms with van der Waals surface area (Å²) in [7, 11) is 0. The van der Waals surface area contributed by atoms with Crippen molar-refractivity contribution in [1.29, 1.82) is 0 Å². The number of H-pyrrole nitrogens is 1. The summed E-state index contributed by atoms with van der Waals surface area (Å²) >= 11 is 0. The second kappa shape index (κ2) is 6.78. The van der Waals surface area contributed by atoms with E-state index in [-0.39, 0.29) is 11.9 Å². The first kappa shape index (κ1) is 16.6. The van der Waals surface area contributed by atoms with E-state index in [1.807, 2.05) is 66.2 Å². The van der Waals surface area contributed by atoms with Crippen LogP contribution in [0.3, 0.4) is 0 Å². The molecule has 1 aromatic carbocycles. The third kappa shape index (κ3) is 3.14. The van der Waals surface area contributed by atoms with E-state index in [9.17, 15) is 4.79 Å². The minimum absolute atomic E-state index is 0.0173. The van der Waals surface area contributed by atoms with Crippen molar-refractivity contribution in [3.8, 4) is 11.3 Å². The van der Waals surface area contributed by atoms with Crippen LogP contribution >= 0.6 is 0 Å². The first-order chi connectivity index (χ1) is 12.6. The van der Waals surface area contributed by atoms with Crippen LogP contribution in [0.25, 0.3) is 11.3 Å². The molecule has 1 atom stereocenters. The maximum atomic E-state index is 13.0. The average Bonchev–Trinajstić information content (AvgIpc) is 3.36. The smallest absolute Gasteiger partial charge is 0.272 e. The van der Waals surface area contributed by atoms with Crippen LogP contribution in [0.2, 0.25) is 0 Å². The lowest BCUT2D eigenvalue weighted by atomic mass is 10.1. The van der Waals surface area contributed by atoms with E-state index in [1.165, 1.54) is 0 Å². The molecule has 0 saturated carbocycles. The van der Waals surface area contributed by atoms with Crippen LogP contribution in [0.5, 0.6) is 0 Å². The normalized spacial score (nSPS) is 17.0. The highest BCUT2D eigenvalue weighted by molar-refractivity contribution is 5.93. The van der Waals surface area contributed by atoms with E-state index in [1.54, 1.807) is 0 Å². The standard InChI is InChI=1S/C20H23N5O/c1-14-11-21-24(12-14)13-16-7-5-9-25(16)20(26)19-10-18(22-23-19)17-8-4-3-6-15(17)2/h3-4,6,8,10-12,16H,5,7,9,13H2,1-2H3,(H,22,23). The predicted molar refractivity (Wildman–Crippen MR) is 99.8 cm³/mol. The zero-order valence-corrected chi connectivity index (χ0v) is 15.1. The monoisotopic (exact) mass is 349 g/mol. The lowest BCUT2D eigenvalue weighted by molar-refractivity contribution is 0.0715. The maximum absolute atomic E-state index is 13.0. The van der Waals surface area contributed by atoms with Crippen LogP contribution < -0.4 is 0 Å². The number of aromatic nitrogens is 4. The molecule has 6 heteroatoms. The molecule has 0 radical (unpaired) electrons. The molecule has 134 valence electrons. The van der Waals surface area contributed by atoms with Crippen molar-refractivity contribution in [2.75, 3.05) is 6.54 Å². The third-order valence-electron chi connectivity index (χ3n) is 5.03. The van der Waals surface area contributed by atoms with E-state index in [2.05, 4.69) is 15.3 Å². The zero-order chi connectivity index (χ0) is 18.1. The second-order valence-corrected chi connectivity index (χ2v) is 7.02. The highest BCUT2D eigenvalue weighted by Gasteiger charge is 2.31. The molecule has 0 aliphatic carbocycles. The van der Waals surface area contributed by atoms with Crippen molar-refractivity contribution >= 4 is 5.91 Å². The maximum Gasteiger partial charge on any atom is 0.272 e. The summed E-state index contributed by atoms with van der Waals surface area (Å²) in [5, 5.41) is 11.7. The topological polar surface area (TPSA) is 66.8 Å². The lowest BCUT2D eigenvalue weighted by Gasteiger charge is -2.24. The van der Waals surface area contributed by atoms with Crippen LogP contribution in [0.1, 0.15) is 34.5 Å². The van der Waals surface area contributed by atoms with E-state index in [0.29, 0.717) is 5.69 Å². The molecule has 1 aliphatic heterocycles. The Morgan fingerprint density at radius 1 is 1.31 bits per heavy atom. The average molecular weight is 349 g/mol. The number of nitrogens with zero attached hydrogens (tertiary/aromatic N) is 4. The number of carbonyl (C=O) groups is 1. The van der Waals surface area contributed by atoms with Crippen LogP contribution in [0, 0.1) is 13.8 Å². The minimum Gasteiger partial charge on any atom is -0.332 e. The SMILES string of the molecule is Cc1cnn(CC2CCCN2C(=O)c2cc(-c3ccccc3C)n[nH]2)c1. The highest BCUT2D eigenvalue weighted by Crippen LogP contribution is 2.25. The van der Waals surface area contributed by atoms with Crippen molar-refractivity contribution in [3.05, 3.63) is 59.5 Å². The van der Waals surface area contributed by atoms with E-state index < -0.39 is 0 Å². The second-order valence-electron chi connectivity index (χ2n) is 7.02. The number of hydrogen-bond donors (Lipinski definition) is 1. The number of amides is 1. The van der Waals surface area contributed by atoms with E-state index >= 15 is 0 Å². The Morgan fingerprint density at radius 3 is 2.92 bits per heavy atom. The number of rotatable bonds is 4. The van der Waals surface area contributed by atoms with E-state index in [4.69, 9.17) is 0 Å². The van der Waals surface area contributed by atoms with Gasteiger partial charge < -0.3 is 4.90 Å². The molecule has 0 bridgehead atoms. The molecule has 1 amide bonds. The molecule has 3 aromatic rings. The molecule has 1 aliphatic rings. The molecule has 1 N–H and O–H groups in total. The Hall–Kier alpha value is -2.89. The van der Waals surface area contributed by atoms with Gasteiger partial charge in [0.1, 0.15) is 5.69 Å². The Labute approximate surface area is 152 Å². The van der Waals surface area contributed by atoms with Crippen molar-refractivity contribution in [1.82, 2.24) is 24.9 Å². The molecule has 3 heterocycles. The van der Waals surface area contributed by atoms with Gasteiger partial charge in [0, 0.05) is 18.3 Å². The molecule has 1 fully saturated rings. The lowest BCUT2D eigenvalue weighted by Crippen LogP contribution is -2.38. The molecular weight excluding hydrogens is 326 g/mol. The quantitative estimate of drug-likeness (QED) is 0.786. The third-order valence-corrected chi connectivity index (χ3v) is 5.03. The minimum atomic E-state index is 0.0173. The Bertz CT molecular complexity index is 926. The molecule has 0 spiro atoms. The summed E-state index contributed by atoms with van der Waals surface area (Å²) in [5.41, 5.74) is 4.69. The van der Waals surface area contributed by atoms with Gasteiger partial charge in [-0.15, -0.1) is 0 Å². The van der Waals surface area contributed by atoms with Gasteiger partial charge in [0.25, 0.3) is 5.91 Å². The number of aromatic amines is 1. The van der Waals surface area contributed by atoms with Crippen molar-refractivity contribution in [2.24, 2.45) is 0 Å². The fourth-order valence-corrected chi connectivity index (χ4v) is 3.66. The predicted octanol–water partition coefficient (Wildman–Crippen LogP) is 3.19. The first-order valence-corrected chi connectivity index (χ1v) is 9.03. The summed E-state index contributed by atoms with van der Waals surface area (Å²) in [6.45, 7) is 5.59. The van der Waals surface area contributed by atoms with Gasteiger partial charge in [-0.25, -0.2) is 0 Å². The number of aryl methyl sites for hydroxylation is 2. The summed E-state index contributed by atoms with van der Waals surface area (Å²) in [6.07, 6.45) is 5.90. The largest absolute Gasteiger partial charge is 0.332 e. The molecule has 1 unspecified atom stereocenters. The molecule has 6 nitrogen and oxygen atoms in total. The van der Waals surface area contributed by atoms with Gasteiger partial charge in [0.2, 0.25) is 0 Å². The summed E-state index contributed by atoms with van der Waals surface area (Å²) in [6, 6.07) is 10.1. The van der Waals surface area contributed by atoms with Crippen molar-refractivity contribution in [2.45, 2.75) is 39.3 Å². The fourth-order valence-electron chi connectivity index (χ4n) is 3.66. The number of benzene rings is 1. The van der Waals surface area contributed by atoms with Crippen molar-refractivity contribution in [3.63, 3.8) is 0 Å². The zero-order valence-electron chi connectivity index (χ0n) is 15.1. The van der Waals surface area contributed by atoms with Gasteiger partial charge in [-0.3, -0.25) is 14.6 Å². The molecular formula is C20H23N5O. The van der Waals surface area contributed by atoms with Gasteiger partial charge in [-0.2, -0.15) is 10.2 Å². The Balaban J connectivity index is 1.53.